The zero-order chi connectivity index (χ0) is 20.3. The van der Waals surface area contributed by atoms with Gasteiger partial charge < -0.3 is 4.74 Å². The molecule has 2 saturated heterocycles. The smallest absolute Gasteiger partial charge is 0.255 e. The fourth-order valence-corrected chi connectivity index (χ4v) is 2.88. The predicted octanol–water partition coefficient (Wildman–Crippen LogP) is 0.573. The first kappa shape index (κ1) is 20.0. The third-order valence-electron chi connectivity index (χ3n) is 4.24. The quantitative estimate of drug-likeness (QED) is 0.232. The summed E-state index contributed by atoms with van der Waals surface area (Å²) in [7, 11) is 0. The molecule has 3 aliphatic rings. The monoisotopic (exact) mass is 378 g/mol. The van der Waals surface area contributed by atoms with Crippen LogP contribution in [0.1, 0.15) is 6.92 Å². The van der Waals surface area contributed by atoms with Gasteiger partial charge in [-0.25, -0.2) is 0 Å². The van der Waals surface area contributed by atoms with Gasteiger partial charge in [0, 0.05) is 17.5 Å². The molecule has 11 heteroatoms. The van der Waals surface area contributed by atoms with Crippen molar-refractivity contribution in [3.05, 3.63) is 69.1 Å². The van der Waals surface area contributed by atoms with Gasteiger partial charge in [-0.2, -0.15) is 5.01 Å². The van der Waals surface area contributed by atoms with E-state index in [9.17, 15) is 29.8 Å². The number of hydrogen-bond donors (Lipinski definition) is 1. The average Bonchev–Trinajstić information content (AvgIpc) is 3.29. The van der Waals surface area contributed by atoms with Crippen molar-refractivity contribution in [3.8, 4) is 0 Å². The SMILES string of the molecule is C/C(=C\C[N+](=O)[O-])[N+](=O)[O-].C=CC(=C)NN1C(=O)C2C3C=CC(O3)C2C1=O. The molecule has 4 atom stereocenters. The summed E-state index contributed by atoms with van der Waals surface area (Å²) < 4.78 is 5.51. The standard InChI is InChI=1S/C12H12N2O3.C4H6N2O4/c1-3-6(2)13-14-11(15)9-7-4-5-8(17-7)10(9)12(14)16;1-4(6(9)10)2-3-5(7)8/h3-5,7-10,13H,1-2H2;2H,3H2,1H3/b;4-2+. The van der Waals surface area contributed by atoms with Crippen LogP contribution in [0.3, 0.4) is 0 Å². The fourth-order valence-electron chi connectivity index (χ4n) is 2.88. The van der Waals surface area contributed by atoms with E-state index in [-0.39, 0.29) is 41.6 Å². The number of imide groups is 1. The summed E-state index contributed by atoms with van der Waals surface area (Å²) in [5.74, 6) is -1.27. The topological polar surface area (TPSA) is 145 Å². The van der Waals surface area contributed by atoms with E-state index in [1.165, 1.54) is 13.0 Å². The molecule has 0 aliphatic carbocycles. The summed E-state index contributed by atoms with van der Waals surface area (Å²) in [6.07, 6.45) is 5.60. The maximum absolute atomic E-state index is 12.1. The Labute approximate surface area is 153 Å². The number of nitrogens with one attached hydrogen (secondary N) is 1. The summed E-state index contributed by atoms with van der Waals surface area (Å²) in [6, 6.07) is 0. The van der Waals surface area contributed by atoms with Crippen molar-refractivity contribution >= 4 is 11.8 Å². The lowest BCUT2D eigenvalue weighted by molar-refractivity contribution is -0.472. The highest BCUT2D eigenvalue weighted by Gasteiger charge is 2.61. The van der Waals surface area contributed by atoms with Gasteiger partial charge in [0.2, 0.25) is 12.2 Å². The van der Waals surface area contributed by atoms with Gasteiger partial charge in [-0.05, 0) is 6.08 Å². The number of carbonyl (C=O) groups is 2. The average molecular weight is 378 g/mol. The van der Waals surface area contributed by atoms with E-state index in [0.717, 1.165) is 11.1 Å². The molecule has 0 aromatic heterocycles. The highest BCUT2D eigenvalue weighted by Crippen LogP contribution is 2.44. The molecule has 27 heavy (non-hydrogen) atoms. The van der Waals surface area contributed by atoms with E-state index < -0.39 is 16.4 Å². The molecule has 3 heterocycles. The molecule has 2 bridgehead atoms. The van der Waals surface area contributed by atoms with Crippen LogP contribution in [-0.4, -0.2) is 45.4 Å². The normalized spacial score (nSPS) is 27.7. The Bertz CT molecular complexity index is 743. The molecule has 0 saturated carbocycles. The number of rotatable bonds is 6. The van der Waals surface area contributed by atoms with Gasteiger partial charge in [-0.15, -0.1) is 0 Å². The van der Waals surface area contributed by atoms with Crippen molar-refractivity contribution in [2.45, 2.75) is 19.1 Å². The second-order valence-electron chi connectivity index (χ2n) is 5.97. The summed E-state index contributed by atoms with van der Waals surface area (Å²) in [6.45, 7) is 7.87. The minimum absolute atomic E-state index is 0.197. The number of ether oxygens (including phenoxy) is 1. The summed E-state index contributed by atoms with van der Waals surface area (Å²) >= 11 is 0. The summed E-state index contributed by atoms with van der Waals surface area (Å²) in [5, 5.41) is 20.5. The van der Waals surface area contributed by atoms with E-state index in [1.807, 2.05) is 12.2 Å². The van der Waals surface area contributed by atoms with Gasteiger partial charge in [-0.1, -0.05) is 25.3 Å². The Morgan fingerprint density at radius 1 is 1.26 bits per heavy atom. The zero-order valence-corrected chi connectivity index (χ0v) is 14.4. The maximum Gasteiger partial charge on any atom is 0.255 e. The highest BCUT2D eigenvalue weighted by molar-refractivity contribution is 6.06. The molecule has 2 fully saturated rings. The first-order chi connectivity index (χ1) is 12.7. The minimum atomic E-state index is -0.663. The fraction of sp³-hybridized carbons (Fsp3) is 0.375. The molecular formula is C16H18N4O7. The van der Waals surface area contributed by atoms with Gasteiger partial charge in [-0.3, -0.25) is 35.2 Å². The first-order valence-electron chi connectivity index (χ1n) is 7.90. The molecule has 144 valence electrons. The Hall–Kier alpha value is -3.34. The first-order valence-corrected chi connectivity index (χ1v) is 7.90. The van der Waals surface area contributed by atoms with Crippen LogP contribution in [0.15, 0.2) is 48.9 Å². The second kappa shape index (κ2) is 7.91. The Morgan fingerprint density at radius 2 is 1.78 bits per heavy atom. The lowest BCUT2D eigenvalue weighted by Gasteiger charge is -2.19. The van der Waals surface area contributed by atoms with Gasteiger partial charge in [0.1, 0.15) is 0 Å². The molecule has 4 unspecified atom stereocenters. The van der Waals surface area contributed by atoms with Crippen molar-refractivity contribution in [1.82, 2.24) is 10.4 Å². The van der Waals surface area contributed by atoms with Gasteiger partial charge in [0.05, 0.1) is 35.0 Å². The van der Waals surface area contributed by atoms with Crippen molar-refractivity contribution in [2.75, 3.05) is 6.54 Å². The van der Waals surface area contributed by atoms with Crippen molar-refractivity contribution in [1.29, 1.82) is 0 Å². The zero-order valence-electron chi connectivity index (χ0n) is 14.4. The van der Waals surface area contributed by atoms with Crippen LogP contribution < -0.4 is 5.43 Å². The Kier molecular flexibility index (Phi) is 5.85. The van der Waals surface area contributed by atoms with Crippen LogP contribution in [0.2, 0.25) is 0 Å². The minimum Gasteiger partial charge on any atom is -0.365 e. The highest BCUT2D eigenvalue weighted by atomic mass is 16.6. The molecule has 0 spiro atoms. The van der Waals surface area contributed by atoms with E-state index in [0.29, 0.717) is 5.70 Å². The van der Waals surface area contributed by atoms with Crippen molar-refractivity contribution in [3.63, 3.8) is 0 Å². The number of nitrogens with zero attached hydrogens (tertiary/aromatic N) is 3. The molecular weight excluding hydrogens is 360 g/mol. The molecule has 2 amide bonds. The molecule has 0 aromatic rings. The number of hydrogen-bond acceptors (Lipinski definition) is 8. The summed E-state index contributed by atoms with van der Waals surface area (Å²) in [4.78, 5) is 42.4. The van der Waals surface area contributed by atoms with E-state index >= 15 is 0 Å². The Morgan fingerprint density at radius 3 is 2.19 bits per heavy atom. The van der Waals surface area contributed by atoms with Crippen LogP contribution in [0, 0.1) is 32.1 Å². The maximum atomic E-state index is 12.1. The van der Waals surface area contributed by atoms with Crippen LogP contribution in [0.25, 0.3) is 0 Å². The molecule has 0 aromatic carbocycles. The Balaban J connectivity index is 0.000000227. The van der Waals surface area contributed by atoms with Crippen LogP contribution in [0.5, 0.6) is 0 Å². The van der Waals surface area contributed by atoms with Crippen LogP contribution in [0.4, 0.5) is 0 Å². The lowest BCUT2D eigenvalue weighted by atomic mass is 9.85. The van der Waals surface area contributed by atoms with E-state index in [2.05, 4.69) is 18.6 Å². The van der Waals surface area contributed by atoms with Crippen LogP contribution in [-0.2, 0) is 14.3 Å². The van der Waals surface area contributed by atoms with Crippen molar-refractivity contribution < 1.29 is 24.2 Å². The van der Waals surface area contributed by atoms with E-state index in [4.69, 9.17) is 4.74 Å². The van der Waals surface area contributed by atoms with E-state index in [1.54, 1.807) is 0 Å². The van der Waals surface area contributed by atoms with Gasteiger partial charge in [0.25, 0.3) is 11.8 Å². The van der Waals surface area contributed by atoms with Gasteiger partial charge in [0.15, 0.2) is 0 Å². The van der Waals surface area contributed by atoms with Crippen molar-refractivity contribution in [2.24, 2.45) is 11.8 Å². The number of hydrazine groups is 1. The number of carbonyl (C=O) groups excluding carboxylic acids is 2. The molecule has 3 rings (SSSR count). The number of fused-ring (bicyclic) bond motifs is 5. The molecule has 3 aliphatic heterocycles. The molecule has 11 nitrogen and oxygen atoms in total. The van der Waals surface area contributed by atoms with Crippen LogP contribution >= 0.6 is 0 Å². The number of allylic oxidation sites excluding steroid dienone is 2. The largest absolute Gasteiger partial charge is 0.365 e. The lowest BCUT2D eigenvalue weighted by Crippen LogP contribution is -2.43. The predicted molar refractivity (Wildman–Crippen MR) is 91.7 cm³/mol. The second-order valence-corrected chi connectivity index (χ2v) is 5.97. The molecule has 0 radical (unpaired) electrons. The molecule has 1 N–H and O–H groups in total. The number of nitro groups is 2. The van der Waals surface area contributed by atoms with Gasteiger partial charge >= 0.3 is 0 Å². The number of amides is 2. The summed E-state index contributed by atoms with van der Waals surface area (Å²) in [5.41, 5.74) is 2.89. The third kappa shape index (κ3) is 4.08. The third-order valence-corrected chi connectivity index (χ3v) is 4.24.